The van der Waals surface area contributed by atoms with Crippen molar-refractivity contribution in [2.75, 3.05) is 23.7 Å². The molecule has 0 aliphatic heterocycles. The highest BCUT2D eigenvalue weighted by molar-refractivity contribution is 5.57. The van der Waals surface area contributed by atoms with Crippen molar-refractivity contribution in [3.05, 3.63) is 41.8 Å². The standard InChI is InChI=1S/C13H13F4N5/c14-8-1-3-9(4-2-8)20-11-7-10(13(15,16)17)21-12(22-11)19-6-5-18/h1-4,7H,5-6,18H2,(H2,19,20,21,22). The number of nitrogens with one attached hydrogen (secondary N) is 2. The van der Waals surface area contributed by atoms with Crippen LogP contribution in [0.5, 0.6) is 0 Å². The summed E-state index contributed by atoms with van der Waals surface area (Å²) in [6, 6.07) is 5.91. The molecule has 9 heteroatoms. The Balaban J connectivity index is 2.30. The number of rotatable bonds is 5. The number of aromatic nitrogens is 2. The van der Waals surface area contributed by atoms with Gasteiger partial charge in [-0.15, -0.1) is 0 Å². The van der Waals surface area contributed by atoms with Crippen molar-refractivity contribution in [2.45, 2.75) is 6.18 Å². The van der Waals surface area contributed by atoms with Gasteiger partial charge in [-0.1, -0.05) is 0 Å². The molecule has 2 rings (SSSR count). The lowest BCUT2D eigenvalue weighted by molar-refractivity contribution is -0.141. The van der Waals surface area contributed by atoms with Gasteiger partial charge in [0.1, 0.15) is 11.6 Å². The molecule has 1 aromatic heterocycles. The maximum absolute atomic E-state index is 12.8. The molecule has 118 valence electrons. The van der Waals surface area contributed by atoms with Crippen molar-refractivity contribution in [1.29, 1.82) is 0 Å². The lowest BCUT2D eigenvalue weighted by Crippen LogP contribution is -2.17. The van der Waals surface area contributed by atoms with Crippen LogP contribution in [0.3, 0.4) is 0 Å². The molecule has 2 aromatic rings. The molecule has 0 bridgehead atoms. The predicted octanol–water partition coefficient (Wildman–Crippen LogP) is 2.75. The van der Waals surface area contributed by atoms with E-state index in [0.717, 1.165) is 6.07 Å². The Kier molecular flexibility index (Phi) is 4.76. The summed E-state index contributed by atoms with van der Waals surface area (Å²) in [4.78, 5) is 7.31. The molecule has 0 fully saturated rings. The first-order valence-corrected chi connectivity index (χ1v) is 6.31. The first-order valence-electron chi connectivity index (χ1n) is 6.31. The van der Waals surface area contributed by atoms with E-state index in [1.165, 1.54) is 24.3 Å². The number of halogens is 4. The monoisotopic (exact) mass is 315 g/mol. The summed E-state index contributed by atoms with van der Waals surface area (Å²) in [5.41, 5.74) is 4.59. The molecular weight excluding hydrogens is 302 g/mol. The van der Waals surface area contributed by atoms with Crippen molar-refractivity contribution in [1.82, 2.24) is 9.97 Å². The molecule has 0 radical (unpaired) electrons. The fourth-order valence-corrected chi connectivity index (χ4v) is 1.60. The van der Waals surface area contributed by atoms with Crippen molar-refractivity contribution in [3.63, 3.8) is 0 Å². The molecule has 0 spiro atoms. The van der Waals surface area contributed by atoms with Gasteiger partial charge in [0.2, 0.25) is 5.95 Å². The van der Waals surface area contributed by atoms with Crippen LogP contribution in [0, 0.1) is 5.82 Å². The number of benzene rings is 1. The van der Waals surface area contributed by atoms with E-state index >= 15 is 0 Å². The summed E-state index contributed by atoms with van der Waals surface area (Å²) in [5, 5.41) is 5.27. The third kappa shape index (κ3) is 4.29. The minimum absolute atomic E-state index is 0.0616. The minimum Gasteiger partial charge on any atom is -0.353 e. The van der Waals surface area contributed by atoms with Crippen molar-refractivity contribution >= 4 is 17.5 Å². The Labute approximate surface area is 123 Å². The molecule has 22 heavy (non-hydrogen) atoms. The van der Waals surface area contributed by atoms with Crippen molar-refractivity contribution in [3.8, 4) is 0 Å². The topological polar surface area (TPSA) is 75.9 Å². The van der Waals surface area contributed by atoms with Gasteiger partial charge in [-0.25, -0.2) is 9.37 Å². The van der Waals surface area contributed by atoms with E-state index < -0.39 is 17.7 Å². The molecule has 0 saturated heterocycles. The molecule has 0 amide bonds. The normalized spacial score (nSPS) is 11.3. The van der Waals surface area contributed by atoms with Crippen molar-refractivity contribution in [2.24, 2.45) is 5.73 Å². The number of hydrogen-bond donors (Lipinski definition) is 3. The summed E-state index contributed by atoms with van der Waals surface area (Å²) < 4.78 is 51.4. The van der Waals surface area contributed by atoms with E-state index in [-0.39, 0.29) is 24.9 Å². The first-order chi connectivity index (χ1) is 10.4. The van der Waals surface area contributed by atoms with Crippen LogP contribution in [-0.4, -0.2) is 23.1 Å². The number of anilines is 3. The molecule has 0 aliphatic carbocycles. The van der Waals surface area contributed by atoms with Crippen molar-refractivity contribution < 1.29 is 17.6 Å². The van der Waals surface area contributed by atoms with Gasteiger partial charge in [-0.2, -0.15) is 18.2 Å². The van der Waals surface area contributed by atoms with Crippen LogP contribution in [0.15, 0.2) is 30.3 Å². The fourth-order valence-electron chi connectivity index (χ4n) is 1.60. The molecule has 0 saturated carbocycles. The Morgan fingerprint density at radius 3 is 2.36 bits per heavy atom. The third-order valence-electron chi connectivity index (χ3n) is 2.56. The lowest BCUT2D eigenvalue weighted by atomic mass is 10.3. The van der Waals surface area contributed by atoms with Crippen LogP contribution in [0.25, 0.3) is 0 Å². The minimum atomic E-state index is -4.61. The van der Waals surface area contributed by atoms with E-state index in [4.69, 9.17) is 5.73 Å². The van der Waals surface area contributed by atoms with Gasteiger partial charge in [0.25, 0.3) is 0 Å². The predicted molar refractivity (Wildman–Crippen MR) is 74.3 cm³/mol. The molecule has 5 nitrogen and oxygen atoms in total. The van der Waals surface area contributed by atoms with Gasteiger partial charge in [-0.3, -0.25) is 0 Å². The average Bonchev–Trinajstić information content (AvgIpc) is 2.46. The third-order valence-corrected chi connectivity index (χ3v) is 2.56. The van der Waals surface area contributed by atoms with Gasteiger partial charge in [0.15, 0.2) is 5.69 Å². The fraction of sp³-hybridized carbons (Fsp3) is 0.231. The second kappa shape index (κ2) is 6.56. The Morgan fingerprint density at radius 2 is 1.77 bits per heavy atom. The largest absolute Gasteiger partial charge is 0.433 e. The highest BCUT2D eigenvalue weighted by Gasteiger charge is 2.33. The Bertz CT molecular complexity index is 627. The van der Waals surface area contributed by atoms with E-state index in [1.807, 2.05) is 0 Å². The van der Waals surface area contributed by atoms with Gasteiger partial charge in [0.05, 0.1) is 0 Å². The second-order valence-electron chi connectivity index (χ2n) is 4.31. The van der Waals surface area contributed by atoms with Gasteiger partial charge in [0, 0.05) is 24.8 Å². The summed E-state index contributed by atoms with van der Waals surface area (Å²) >= 11 is 0. The van der Waals surface area contributed by atoms with E-state index in [0.29, 0.717) is 5.69 Å². The van der Waals surface area contributed by atoms with E-state index in [2.05, 4.69) is 20.6 Å². The maximum Gasteiger partial charge on any atom is 0.433 e. The van der Waals surface area contributed by atoms with Crippen LogP contribution in [-0.2, 0) is 6.18 Å². The van der Waals surface area contributed by atoms with Crippen LogP contribution in [0.4, 0.5) is 35.0 Å². The zero-order valence-corrected chi connectivity index (χ0v) is 11.3. The average molecular weight is 315 g/mol. The van der Waals surface area contributed by atoms with Gasteiger partial charge >= 0.3 is 6.18 Å². The summed E-state index contributed by atoms with van der Waals surface area (Å²) in [5.74, 6) is -0.701. The lowest BCUT2D eigenvalue weighted by Gasteiger charge is -2.12. The summed E-state index contributed by atoms with van der Waals surface area (Å²) in [6.45, 7) is 0.456. The van der Waals surface area contributed by atoms with Crippen LogP contribution < -0.4 is 16.4 Å². The van der Waals surface area contributed by atoms with Crippen LogP contribution >= 0.6 is 0 Å². The highest BCUT2D eigenvalue weighted by atomic mass is 19.4. The first kappa shape index (κ1) is 16.0. The summed E-state index contributed by atoms with van der Waals surface area (Å²) in [6.07, 6.45) is -4.61. The number of alkyl halides is 3. The van der Waals surface area contributed by atoms with Gasteiger partial charge < -0.3 is 16.4 Å². The smallest absolute Gasteiger partial charge is 0.353 e. The Hall–Kier alpha value is -2.42. The van der Waals surface area contributed by atoms with E-state index in [1.54, 1.807) is 0 Å². The molecule has 0 aliphatic rings. The molecule has 4 N–H and O–H groups in total. The zero-order valence-electron chi connectivity index (χ0n) is 11.3. The zero-order chi connectivity index (χ0) is 16.2. The number of nitrogens with zero attached hydrogens (tertiary/aromatic N) is 2. The van der Waals surface area contributed by atoms with Crippen LogP contribution in [0.2, 0.25) is 0 Å². The molecular formula is C13H13F4N5. The quantitative estimate of drug-likeness (QED) is 0.740. The van der Waals surface area contributed by atoms with Crippen LogP contribution in [0.1, 0.15) is 5.69 Å². The highest BCUT2D eigenvalue weighted by Crippen LogP contribution is 2.30. The maximum atomic E-state index is 12.8. The second-order valence-corrected chi connectivity index (χ2v) is 4.31. The van der Waals surface area contributed by atoms with Gasteiger partial charge in [-0.05, 0) is 24.3 Å². The number of hydrogen-bond acceptors (Lipinski definition) is 5. The number of nitrogens with two attached hydrogens (primary N) is 1. The summed E-state index contributed by atoms with van der Waals surface area (Å²) in [7, 11) is 0. The Morgan fingerprint density at radius 1 is 1.09 bits per heavy atom. The molecule has 0 unspecified atom stereocenters. The molecule has 1 heterocycles. The SMILES string of the molecule is NCCNc1nc(Nc2ccc(F)cc2)cc(C(F)(F)F)n1. The molecule has 1 aromatic carbocycles. The van der Waals surface area contributed by atoms with E-state index in [9.17, 15) is 17.6 Å². The molecule has 0 atom stereocenters.